The molecule has 1 atom stereocenters. The van der Waals surface area contributed by atoms with E-state index in [-0.39, 0.29) is 24.0 Å². The van der Waals surface area contributed by atoms with E-state index in [0.29, 0.717) is 6.04 Å². The van der Waals surface area contributed by atoms with Crippen LogP contribution in [0.2, 0.25) is 0 Å². The number of guanidine groups is 1. The summed E-state index contributed by atoms with van der Waals surface area (Å²) in [4.78, 5) is 9.11. The third-order valence-electron chi connectivity index (χ3n) is 4.35. The van der Waals surface area contributed by atoms with E-state index in [1.54, 1.807) is 0 Å². The molecular formula is C17H35IN4. The molecule has 0 saturated heterocycles. The molecule has 0 spiro atoms. The van der Waals surface area contributed by atoms with Gasteiger partial charge in [-0.2, -0.15) is 0 Å². The topological polar surface area (TPSA) is 30.9 Å². The number of allylic oxidation sites excluding steroid dienone is 1. The Hall–Kier alpha value is -0.300. The normalized spacial score (nSPS) is 16.1. The predicted octanol–water partition coefficient (Wildman–Crippen LogP) is 3.34. The van der Waals surface area contributed by atoms with Crippen LogP contribution in [0.5, 0.6) is 0 Å². The van der Waals surface area contributed by atoms with Gasteiger partial charge in [0.1, 0.15) is 0 Å². The summed E-state index contributed by atoms with van der Waals surface area (Å²) in [6.45, 7) is 8.07. The highest BCUT2D eigenvalue weighted by atomic mass is 127. The average Bonchev–Trinajstić information content (AvgIpc) is 3.31. The van der Waals surface area contributed by atoms with Gasteiger partial charge in [-0.15, -0.1) is 30.6 Å². The Balaban J connectivity index is 0.00000441. The Morgan fingerprint density at radius 3 is 2.55 bits per heavy atom. The fourth-order valence-corrected chi connectivity index (χ4v) is 2.53. The molecule has 22 heavy (non-hydrogen) atoms. The number of nitrogens with one attached hydrogen (secondary N) is 1. The SMILES string of the molecule is C=CCCCCCN(C)C(=NC)NCC(C)N(C)C1CC1.I. The molecule has 0 aromatic carbocycles. The Morgan fingerprint density at radius 1 is 1.32 bits per heavy atom. The van der Waals surface area contributed by atoms with Gasteiger partial charge in [0.15, 0.2) is 5.96 Å². The van der Waals surface area contributed by atoms with E-state index < -0.39 is 0 Å². The minimum Gasteiger partial charge on any atom is -0.355 e. The van der Waals surface area contributed by atoms with Crippen molar-refractivity contribution in [3.63, 3.8) is 0 Å². The maximum Gasteiger partial charge on any atom is 0.193 e. The summed E-state index contributed by atoms with van der Waals surface area (Å²) in [5.41, 5.74) is 0. The zero-order chi connectivity index (χ0) is 15.7. The van der Waals surface area contributed by atoms with Gasteiger partial charge in [-0.1, -0.05) is 12.5 Å². The number of hydrogen-bond donors (Lipinski definition) is 1. The average molecular weight is 422 g/mol. The molecule has 130 valence electrons. The van der Waals surface area contributed by atoms with Crippen molar-refractivity contribution in [3.8, 4) is 0 Å². The summed E-state index contributed by atoms with van der Waals surface area (Å²) in [5, 5.41) is 3.50. The first-order valence-corrected chi connectivity index (χ1v) is 8.34. The third-order valence-corrected chi connectivity index (χ3v) is 4.35. The lowest BCUT2D eigenvalue weighted by Crippen LogP contribution is -2.46. The van der Waals surface area contributed by atoms with E-state index >= 15 is 0 Å². The molecule has 4 nitrogen and oxygen atoms in total. The maximum atomic E-state index is 4.39. The molecule has 5 heteroatoms. The lowest BCUT2D eigenvalue weighted by Gasteiger charge is -2.28. The third kappa shape index (κ3) is 8.36. The Morgan fingerprint density at radius 2 is 2.00 bits per heavy atom. The molecule has 0 amide bonds. The van der Waals surface area contributed by atoms with E-state index in [1.807, 2.05) is 13.1 Å². The molecule has 1 fully saturated rings. The van der Waals surface area contributed by atoms with Crippen LogP contribution in [-0.2, 0) is 0 Å². The number of aliphatic imine (C=N–C) groups is 1. The van der Waals surface area contributed by atoms with Crippen LogP contribution in [0.25, 0.3) is 0 Å². The molecule has 1 rings (SSSR count). The molecule has 0 aliphatic heterocycles. The van der Waals surface area contributed by atoms with E-state index in [0.717, 1.165) is 31.5 Å². The van der Waals surface area contributed by atoms with Crippen LogP contribution in [0.15, 0.2) is 17.6 Å². The van der Waals surface area contributed by atoms with Crippen LogP contribution < -0.4 is 5.32 Å². The van der Waals surface area contributed by atoms with Gasteiger partial charge in [0.05, 0.1) is 0 Å². The van der Waals surface area contributed by atoms with Crippen LogP contribution in [0.1, 0.15) is 45.4 Å². The van der Waals surface area contributed by atoms with Gasteiger partial charge in [-0.05, 0) is 46.1 Å². The second-order valence-electron chi connectivity index (χ2n) is 6.23. The van der Waals surface area contributed by atoms with Crippen LogP contribution in [0, 0.1) is 0 Å². The lowest BCUT2D eigenvalue weighted by molar-refractivity contribution is 0.246. The van der Waals surface area contributed by atoms with Crippen LogP contribution >= 0.6 is 24.0 Å². The Bertz CT molecular complexity index is 329. The predicted molar refractivity (Wildman–Crippen MR) is 108 cm³/mol. The van der Waals surface area contributed by atoms with Crippen molar-refractivity contribution < 1.29 is 0 Å². The largest absolute Gasteiger partial charge is 0.355 e. The van der Waals surface area contributed by atoms with E-state index in [9.17, 15) is 0 Å². The van der Waals surface area contributed by atoms with E-state index in [1.165, 1.54) is 32.1 Å². The highest BCUT2D eigenvalue weighted by molar-refractivity contribution is 14.0. The fraction of sp³-hybridized carbons (Fsp3) is 0.824. The number of unbranched alkanes of at least 4 members (excludes halogenated alkanes) is 3. The summed E-state index contributed by atoms with van der Waals surface area (Å²) in [5.74, 6) is 1.01. The maximum absolute atomic E-state index is 4.39. The van der Waals surface area contributed by atoms with Crippen molar-refractivity contribution in [1.29, 1.82) is 0 Å². The van der Waals surface area contributed by atoms with Crippen molar-refractivity contribution in [2.24, 2.45) is 4.99 Å². The van der Waals surface area contributed by atoms with Gasteiger partial charge in [0.2, 0.25) is 0 Å². The van der Waals surface area contributed by atoms with Gasteiger partial charge in [-0.3, -0.25) is 9.89 Å². The summed E-state index contributed by atoms with van der Waals surface area (Å²) in [6, 6.07) is 1.36. The van der Waals surface area contributed by atoms with Gasteiger partial charge in [0, 0.05) is 39.3 Å². The molecule has 0 heterocycles. The van der Waals surface area contributed by atoms with Gasteiger partial charge in [-0.25, -0.2) is 0 Å². The number of hydrogen-bond acceptors (Lipinski definition) is 2. The molecule has 1 saturated carbocycles. The number of halogens is 1. The molecule has 0 aromatic heterocycles. The summed E-state index contributed by atoms with van der Waals surface area (Å²) < 4.78 is 0. The van der Waals surface area contributed by atoms with Crippen molar-refractivity contribution in [2.75, 3.05) is 34.2 Å². The van der Waals surface area contributed by atoms with E-state index in [4.69, 9.17) is 0 Å². The summed E-state index contributed by atoms with van der Waals surface area (Å²) in [7, 11) is 6.22. The lowest BCUT2D eigenvalue weighted by atomic mass is 10.2. The quantitative estimate of drug-likeness (QED) is 0.193. The Labute approximate surface area is 154 Å². The fourth-order valence-electron chi connectivity index (χ4n) is 2.53. The Kier molecular flexibility index (Phi) is 12.0. The van der Waals surface area contributed by atoms with Crippen molar-refractivity contribution >= 4 is 29.9 Å². The molecular weight excluding hydrogens is 387 g/mol. The standard InChI is InChI=1S/C17H34N4.HI/c1-6-7-8-9-10-13-20(4)17(18-3)19-14-15(2)21(5)16-11-12-16;/h6,15-16H,1,7-14H2,2-5H3,(H,18,19);1H. The second-order valence-corrected chi connectivity index (χ2v) is 6.23. The van der Waals surface area contributed by atoms with Crippen molar-refractivity contribution in [1.82, 2.24) is 15.1 Å². The van der Waals surface area contributed by atoms with E-state index in [2.05, 4.69) is 47.7 Å². The molecule has 1 aliphatic carbocycles. The monoisotopic (exact) mass is 422 g/mol. The second kappa shape index (κ2) is 12.2. The molecule has 1 unspecified atom stereocenters. The first-order chi connectivity index (χ1) is 10.1. The van der Waals surface area contributed by atoms with Crippen molar-refractivity contribution in [3.05, 3.63) is 12.7 Å². The van der Waals surface area contributed by atoms with Gasteiger partial charge < -0.3 is 10.2 Å². The molecule has 1 aliphatic rings. The van der Waals surface area contributed by atoms with Crippen LogP contribution in [0.4, 0.5) is 0 Å². The first kappa shape index (κ1) is 21.7. The minimum absolute atomic E-state index is 0. The zero-order valence-corrected chi connectivity index (χ0v) is 17.2. The molecule has 1 N–H and O–H groups in total. The summed E-state index contributed by atoms with van der Waals surface area (Å²) >= 11 is 0. The zero-order valence-electron chi connectivity index (χ0n) is 14.8. The molecule has 0 radical (unpaired) electrons. The number of nitrogens with zero attached hydrogens (tertiary/aromatic N) is 3. The molecule has 0 aromatic rings. The van der Waals surface area contributed by atoms with Crippen LogP contribution in [0.3, 0.4) is 0 Å². The van der Waals surface area contributed by atoms with Crippen LogP contribution in [-0.4, -0.2) is 62.1 Å². The van der Waals surface area contributed by atoms with Gasteiger partial charge in [0.25, 0.3) is 0 Å². The smallest absolute Gasteiger partial charge is 0.193 e. The summed E-state index contributed by atoms with van der Waals surface area (Å²) in [6.07, 6.45) is 9.56. The van der Waals surface area contributed by atoms with Crippen molar-refractivity contribution in [2.45, 2.75) is 57.5 Å². The highest BCUT2D eigenvalue weighted by Crippen LogP contribution is 2.26. The molecule has 0 bridgehead atoms. The number of rotatable bonds is 10. The highest BCUT2D eigenvalue weighted by Gasteiger charge is 2.29. The minimum atomic E-state index is 0. The van der Waals surface area contributed by atoms with Gasteiger partial charge >= 0.3 is 0 Å². The number of likely N-dealkylation sites (N-methyl/N-ethyl adjacent to an activating group) is 1. The first-order valence-electron chi connectivity index (χ1n) is 8.34.